The molecule has 2 heteroatoms. The lowest BCUT2D eigenvalue weighted by Crippen LogP contribution is -1.99. The standard InChI is InChI=1S/C36H31NS/c1-23(2)26-14-17-30-29-16-13-25(20-33(29)37(34(30)22-26)28-9-5-4-6-10-28)19-24(3)27-15-18-36-32(21-27)31-11-7-8-12-35(31)38-36/h4-18,20-24H,19H2,1-3H3. The highest BCUT2D eigenvalue weighted by atomic mass is 32.1. The van der Waals surface area contributed by atoms with Crippen molar-refractivity contribution in [2.45, 2.75) is 39.0 Å². The van der Waals surface area contributed by atoms with Crippen molar-refractivity contribution < 1.29 is 0 Å². The molecule has 0 spiro atoms. The van der Waals surface area contributed by atoms with Crippen molar-refractivity contribution in [3.8, 4) is 5.69 Å². The van der Waals surface area contributed by atoms with Gasteiger partial charge in [-0.15, -0.1) is 11.3 Å². The summed E-state index contributed by atoms with van der Waals surface area (Å²) < 4.78 is 5.19. The highest BCUT2D eigenvalue weighted by Gasteiger charge is 2.16. The number of rotatable bonds is 5. The molecule has 0 bridgehead atoms. The summed E-state index contributed by atoms with van der Waals surface area (Å²) in [5.74, 6) is 0.924. The lowest BCUT2D eigenvalue weighted by molar-refractivity contribution is 0.761. The monoisotopic (exact) mass is 509 g/mol. The predicted molar refractivity (Wildman–Crippen MR) is 166 cm³/mol. The second kappa shape index (κ2) is 9.15. The van der Waals surface area contributed by atoms with E-state index >= 15 is 0 Å². The Labute approximate surface area is 228 Å². The second-order valence-electron chi connectivity index (χ2n) is 10.9. The maximum Gasteiger partial charge on any atom is 0.0543 e. The molecule has 0 amide bonds. The fourth-order valence-electron chi connectivity index (χ4n) is 5.94. The van der Waals surface area contributed by atoms with E-state index in [1.165, 1.54) is 64.4 Å². The van der Waals surface area contributed by atoms with E-state index < -0.39 is 0 Å². The van der Waals surface area contributed by atoms with Gasteiger partial charge in [0.2, 0.25) is 0 Å². The molecule has 0 radical (unpaired) electrons. The van der Waals surface area contributed by atoms with Crippen molar-refractivity contribution in [2.24, 2.45) is 0 Å². The molecule has 0 saturated heterocycles. The van der Waals surface area contributed by atoms with Gasteiger partial charge in [0.15, 0.2) is 0 Å². The highest BCUT2D eigenvalue weighted by molar-refractivity contribution is 7.25. The summed E-state index contributed by atoms with van der Waals surface area (Å²) in [6, 6.07) is 40.7. The third kappa shape index (κ3) is 3.83. The SMILES string of the molecule is CC(C)c1ccc2c3ccc(CC(C)c4ccc5sc6ccccc6c5c4)cc3n(-c3ccccc3)c2c1. The third-order valence-corrected chi connectivity index (χ3v) is 9.20. The molecule has 7 rings (SSSR count). The third-order valence-electron chi connectivity index (χ3n) is 8.05. The number of hydrogen-bond donors (Lipinski definition) is 0. The van der Waals surface area contributed by atoms with E-state index in [1.807, 2.05) is 11.3 Å². The van der Waals surface area contributed by atoms with Gasteiger partial charge in [-0.05, 0) is 77.4 Å². The summed E-state index contributed by atoms with van der Waals surface area (Å²) in [6.07, 6.45) is 1.01. The Morgan fingerprint density at radius 2 is 1.26 bits per heavy atom. The number of thiophene rings is 1. The number of fused-ring (bicyclic) bond motifs is 6. The molecule has 0 fully saturated rings. The quantitative estimate of drug-likeness (QED) is 0.217. The Hall–Kier alpha value is -3.88. The Morgan fingerprint density at radius 3 is 2.08 bits per heavy atom. The van der Waals surface area contributed by atoms with Crippen molar-refractivity contribution in [1.29, 1.82) is 0 Å². The summed E-state index contributed by atoms with van der Waals surface area (Å²) in [7, 11) is 0. The van der Waals surface area contributed by atoms with E-state index in [4.69, 9.17) is 0 Å². The fourth-order valence-corrected chi connectivity index (χ4v) is 7.03. The molecular weight excluding hydrogens is 478 g/mol. The van der Waals surface area contributed by atoms with Gasteiger partial charge in [-0.3, -0.25) is 0 Å². The minimum absolute atomic E-state index is 0.428. The molecule has 2 aromatic heterocycles. The topological polar surface area (TPSA) is 4.93 Å². The second-order valence-corrected chi connectivity index (χ2v) is 12.0. The van der Waals surface area contributed by atoms with Crippen LogP contribution in [0.25, 0.3) is 47.7 Å². The average molecular weight is 510 g/mol. The van der Waals surface area contributed by atoms with Crippen LogP contribution in [-0.2, 0) is 6.42 Å². The molecule has 38 heavy (non-hydrogen) atoms. The Kier molecular flexibility index (Phi) is 5.60. The first kappa shape index (κ1) is 23.3. The van der Waals surface area contributed by atoms with E-state index in [2.05, 4.69) is 135 Å². The zero-order chi connectivity index (χ0) is 25.8. The van der Waals surface area contributed by atoms with Crippen LogP contribution in [0.3, 0.4) is 0 Å². The predicted octanol–water partition coefficient (Wildman–Crippen LogP) is 10.6. The smallest absolute Gasteiger partial charge is 0.0543 e. The number of benzene rings is 5. The first-order valence-electron chi connectivity index (χ1n) is 13.6. The normalized spacial score (nSPS) is 12.8. The number of nitrogens with zero attached hydrogens (tertiary/aromatic N) is 1. The minimum atomic E-state index is 0.428. The zero-order valence-electron chi connectivity index (χ0n) is 22.1. The van der Waals surface area contributed by atoms with Gasteiger partial charge in [0.25, 0.3) is 0 Å². The highest BCUT2D eigenvalue weighted by Crippen LogP contribution is 2.37. The van der Waals surface area contributed by atoms with E-state index in [0.29, 0.717) is 11.8 Å². The molecule has 186 valence electrons. The van der Waals surface area contributed by atoms with E-state index in [1.54, 1.807) is 0 Å². The van der Waals surface area contributed by atoms with Crippen LogP contribution in [-0.4, -0.2) is 4.57 Å². The molecular formula is C36H31NS. The van der Waals surface area contributed by atoms with Crippen LogP contribution in [0.15, 0.2) is 109 Å². The Morgan fingerprint density at radius 1 is 0.579 bits per heavy atom. The van der Waals surface area contributed by atoms with Gasteiger partial charge in [-0.2, -0.15) is 0 Å². The zero-order valence-corrected chi connectivity index (χ0v) is 22.9. The van der Waals surface area contributed by atoms with Gasteiger partial charge in [-0.25, -0.2) is 0 Å². The maximum atomic E-state index is 2.45. The Bertz CT molecular complexity index is 1940. The van der Waals surface area contributed by atoms with Gasteiger partial charge < -0.3 is 4.57 Å². The molecule has 0 aliphatic heterocycles. The lowest BCUT2D eigenvalue weighted by Gasteiger charge is -2.14. The van der Waals surface area contributed by atoms with Crippen LogP contribution in [0.4, 0.5) is 0 Å². The molecule has 2 heterocycles. The molecule has 0 aliphatic carbocycles. The van der Waals surface area contributed by atoms with Gasteiger partial charge in [0.1, 0.15) is 0 Å². The first-order valence-corrected chi connectivity index (χ1v) is 14.4. The number of hydrogen-bond acceptors (Lipinski definition) is 1. The summed E-state index contributed by atoms with van der Waals surface area (Å²) in [4.78, 5) is 0. The van der Waals surface area contributed by atoms with Crippen LogP contribution in [0.5, 0.6) is 0 Å². The van der Waals surface area contributed by atoms with Crippen LogP contribution >= 0.6 is 11.3 Å². The van der Waals surface area contributed by atoms with Crippen LogP contribution < -0.4 is 0 Å². The van der Waals surface area contributed by atoms with Crippen molar-refractivity contribution >= 4 is 53.3 Å². The summed E-state index contributed by atoms with van der Waals surface area (Å²) >= 11 is 1.89. The van der Waals surface area contributed by atoms with Crippen LogP contribution in [0.2, 0.25) is 0 Å². The Balaban J connectivity index is 1.32. The maximum absolute atomic E-state index is 2.45. The number of aromatic nitrogens is 1. The van der Waals surface area contributed by atoms with Gasteiger partial charge in [0, 0.05) is 36.6 Å². The van der Waals surface area contributed by atoms with Crippen LogP contribution in [0, 0.1) is 0 Å². The lowest BCUT2D eigenvalue weighted by atomic mass is 9.92. The molecule has 1 nitrogen and oxygen atoms in total. The van der Waals surface area contributed by atoms with Crippen molar-refractivity contribution in [2.75, 3.05) is 0 Å². The summed E-state index contributed by atoms with van der Waals surface area (Å²) in [5.41, 5.74) is 7.96. The van der Waals surface area contributed by atoms with Crippen molar-refractivity contribution in [3.63, 3.8) is 0 Å². The van der Waals surface area contributed by atoms with Gasteiger partial charge in [0.05, 0.1) is 11.0 Å². The van der Waals surface area contributed by atoms with E-state index in [-0.39, 0.29) is 0 Å². The van der Waals surface area contributed by atoms with Crippen molar-refractivity contribution in [3.05, 3.63) is 126 Å². The summed E-state index contributed by atoms with van der Waals surface area (Å²) in [5, 5.41) is 5.40. The number of para-hydroxylation sites is 1. The average Bonchev–Trinajstić information content (AvgIpc) is 3.47. The van der Waals surface area contributed by atoms with Crippen molar-refractivity contribution in [1.82, 2.24) is 4.57 Å². The van der Waals surface area contributed by atoms with Crippen LogP contribution in [0.1, 0.15) is 49.3 Å². The summed E-state index contributed by atoms with van der Waals surface area (Å²) in [6.45, 7) is 6.90. The largest absolute Gasteiger partial charge is 0.309 e. The molecule has 0 aliphatic rings. The van der Waals surface area contributed by atoms with Gasteiger partial charge in [-0.1, -0.05) is 87.5 Å². The van der Waals surface area contributed by atoms with Gasteiger partial charge >= 0.3 is 0 Å². The molecule has 1 unspecified atom stereocenters. The molecule has 5 aromatic carbocycles. The molecule has 7 aromatic rings. The minimum Gasteiger partial charge on any atom is -0.309 e. The van der Waals surface area contributed by atoms with E-state index in [9.17, 15) is 0 Å². The fraction of sp³-hybridized carbons (Fsp3) is 0.167. The molecule has 0 saturated carbocycles. The van der Waals surface area contributed by atoms with E-state index in [0.717, 1.165) is 6.42 Å². The molecule has 1 atom stereocenters. The molecule has 0 N–H and O–H groups in total. The first-order chi connectivity index (χ1) is 18.6.